The van der Waals surface area contributed by atoms with Crippen molar-refractivity contribution in [2.24, 2.45) is 16.3 Å². The van der Waals surface area contributed by atoms with Crippen LogP contribution < -0.4 is 11.1 Å². The first kappa shape index (κ1) is 14.4. The minimum atomic E-state index is -0.969. The predicted octanol–water partition coefficient (Wildman–Crippen LogP) is 1.43. The lowest BCUT2D eigenvalue weighted by Crippen LogP contribution is -2.50. The number of fused-ring (bicyclic) bond motifs is 1. The van der Waals surface area contributed by atoms with Gasteiger partial charge in [0.05, 0.1) is 0 Å². The van der Waals surface area contributed by atoms with Gasteiger partial charge < -0.3 is 16.3 Å². The van der Waals surface area contributed by atoms with Gasteiger partial charge in [-0.3, -0.25) is 4.79 Å². The maximum atomic E-state index is 12.4. The summed E-state index contributed by atoms with van der Waals surface area (Å²) in [5.41, 5.74) is 7.25. The lowest BCUT2D eigenvalue weighted by Gasteiger charge is -2.27. The van der Waals surface area contributed by atoms with Gasteiger partial charge in [0.25, 0.3) is 0 Å². The molecule has 0 fully saturated rings. The maximum Gasteiger partial charge on any atom is 0.233 e. The molecule has 1 aliphatic carbocycles. The summed E-state index contributed by atoms with van der Waals surface area (Å²) in [7, 11) is 0. The van der Waals surface area contributed by atoms with Crippen molar-refractivity contribution >= 4 is 11.7 Å². The standard InChI is InChI=1S/C15H21N3O2/c1-3-15(2,13(16)18-20)14(19)17-12-8-10-6-4-5-7-11(10)9-12/h4-7,12,20H,3,8-9H2,1-2H3,(H2,16,18)(H,17,19). The quantitative estimate of drug-likeness (QED) is 0.336. The van der Waals surface area contributed by atoms with Crippen LogP contribution in [0.25, 0.3) is 0 Å². The molecule has 0 radical (unpaired) electrons. The van der Waals surface area contributed by atoms with Gasteiger partial charge in [0, 0.05) is 6.04 Å². The lowest BCUT2D eigenvalue weighted by atomic mass is 9.85. The first-order valence-electron chi connectivity index (χ1n) is 6.87. The van der Waals surface area contributed by atoms with Gasteiger partial charge in [-0.1, -0.05) is 36.3 Å². The molecule has 0 aromatic heterocycles. The van der Waals surface area contributed by atoms with Crippen LogP contribution in [-0.4, -0.2) is 23.0 Å². The highest BCUT2D eigenvalue weighted by Gasteiger charge is 2.38. The second kappa shape index (κ2) is 5.53. The van der Waals surface area contributed by atoms with Crippen LogP contribution in [0.5, 0.6) is 0 Å². The second-order valence-corrected chi connectivity index (χ2v) is 5.52. The molecule has 1 aliphatic rings. The molecule has 20 heavy (non-hydrogen) atoms. The summed E-state index contributed by atoms with van der Waals surface area (Å²) in [4.78, 5) is 12.4. The third kappa shape index (κ3) is 2.48. The Kier molecular flexibility index (Phi) is 3.97. The van der Waals surface area contributed by atoms with Crippen LogP contribution in [0, 0.1) is 5.41 Å². The number of oxime groups is 1. The molecule has 2 rings (SSSR count). The fourth-order valence-electron chi connectivity index (χ4n) is 2.57. The van der Waals surface area contributed by atoms with Crippen molar-refractivity contribution in [3.63, 3.8) is 0 Å². The lowest BCUT2D eigenvalue weighted by molar-refractivity contribution is -0.127. The van der Waals surface area contributed by atoms with E-state index in [1.807, 2.05) is 19.1 Å². The molecule has 5 nitrogen and oxygen atoms in total. The average molecular weight is 275 g/mol. The van der Waals surface area contributed by atoms with Crippen LogP contribution in [0.15, 0.2) is 29.4 Å². The molecular weight excluding hydrogens is 254 g/mol. The van der Waals surface area contributed by atoms with Crippen molar-refractivity contribution in [3.05, 3.63) is 35.4 Å². The smallest absolute Gasteiger partial charge is 0.233 e. The van der Waals surface area contributed by atoms with Crippen LogP contribution in [0.2, 0.25) is 0 Å². The minimum Gasteiger partial charge on any atom is -0.409 e. The van der Waals surface area contributed by atoms with E-state index < -0.39 is 5.41 Å². The van der Waals surface area contributed by atoms with Crippen molar-refractivity contribution in [2.75, 3.05) is 0 Å². The highest BCUT2D eigenvalue weighted by atomic mass is 16.4. The molecule has 0 bridgehead atoms. The first-order chi connectivity index (χ1) is 9.51. The molecule has 4 N–H and O–H groups in total. The molecule has 1 unspecified atom stereocenters. The number of nitrogens with zero attached hydrogens (tertiary/aromatic N) is 1. The summed E-state index contributed by atoms with van der Waals surface area (Å²) in [6.07, 6.45) is 2.14. The Morgan fingerprint density at radius 2 is 2.00 bits per heavy atom. The summed E-state index contributed by atoms with van der Waals surface area (Å²) in [5, 5.41) is 14.9. The number of amides is 1. The van der Waals surface area contributed by atoms with E-state index in [2.05, 4.69) is 22.6 Å². The minimum absolute atomic E-state index is 0.0481. The number of nitrogens with one attached hydrogen (secondary N) is 1. The zero-order valence-electron chi connectivity index (χ0n) is 11.9. The van der Waals surface area contributed by atoms with E-state index in [0.29, 0.717) is 6.42 Å². The van der Waals surface area contributed by atoms with Gasteiger partial charge in [-0.15, -0.1) is 0 Å². The summed E-state index contributed by atoms with van der Waals surface area (Å²) in [5.74, 6) is -0.235. The third-order valence-electron chi connectivity index (χ3n) is 4.27. The molecule has 0 aliphatic heterocycles. The Morgan fingerprint density at radius 3 is 2.45 bits per heavy atom. The molecule has 5 heteroatoms. The molecule has 1 aromatic carbocycles. The SMILES string of the molecule is CCC(C)(C(=O)NC1Cc2ccccc2C1)/C(N)=N/O. The second-order valence-electron chi connectivity index (χ2n) is 5.52. The number of amidine groups is 1. The molecule has 1 atom stereocenters. The number of carbonyl (C=O) groups excluding carboxylic acids is 1. The third-order valence-corrected chi connectivity index (χ3v) is 4.27. The van der Waals surface area contributed by atoms with E-state index in [-0.39, 0.29) is 17.8 Å². The fraction of sp³-hybridized carbons (Fsp3) is 0.467. The average Bonchev–Trinajstić information content (AvgIpc) is 2.87. The molecule has 0 heterocycles. The van der Waals surface area contributed by atoms with E-state index in [9.17, 15) is 4.79 Å². The Balaban J connectivity index is 2.07. The monoisotopic (exact) mass is 275 g/mol. The van der Waals surface area contributed by atoms with Crippen molar-refractivity contribution in [3.8, 4) is 0 Å². The van der Waals surface area contributed by atoms with Crippen LogP contribution in [0.1, 0.15) is 31.4 Å². The number of carbonyl (C=O) groups is 1. The first-order valence-corrected chi connectivity index (χ1v) is 6.87. The highest BCUT2D eigenvalue weighted by molar-refractivity contribution is 6.06. The molecule has 1 aromatic rings. The Bertz CT molecular complexity index is 517. The topological polar surface area (TPSA) is 87.7 Å². The number of nitrogens with two attached hydrogens (primary N) is 1. The summed E-state index contributed by atoms with van der Waals surface area (Å²) < 4.78 is 0. The van der Waals surface area contributed by atoms with Crippen LogP contribution in [0.3, 0.4) is 0 Å². The largest absolute Gasteiger partial charge is 0.409 e. The zero-order valence-corrected chi connectivity index (χ0v) is 11.9. The fourth-order valence-corrected chi connectivity index (χ4v) is 2.57. The van der Waals surface area contributed by atoms with Crippen LogP contribution >= 0.6 is 0 Å². The van der Waals surface area contributed by atoms with Crippen LogP contribution in [-0.2, 0) is 17.6 Å². The van der Waals surface area contributed by atoms with Crippen molar-refractivity contribution in [1.82, 2.24) is 5.32 Å². The predicted molar refractivity (Wildman–Crippen MR) is 77.6 cm³/mol. The van der Waals surface area contributed by atoms with Gasteiger partial charge in [-0.05, 0) is 37.3 Å². The normalized spacial score (nSPS) is 18.4. The number of rotatable bonds is 4. The molecule has 0 spiro atoms. The molecule has 108 valence electrons. The van der Waals surface area contributed by atoms with Crippen LogP contribution in [0.4, 0.5) is 0 Å². The van der Waals surface area contributed by atoms with Gasteiger partial charge in [0.2, 0.25) is 5.91 Å². The van der Waals surface area contributed by atoms with E-state index >= 15 is 0 Å². The van der Waals surface area contributed by atoms with Gasteiger partial charge in [-0.2, -0.15) is 0 Å². The van der Waals surface area contributed by atoms with E-state index in [1.54, 1.807) is 6.92 Å². The maximum absolute atomic E-state index is 12.4. The Morgan fingerprint density at radius 1 is 1.45 bits per heavy atom. The molecule has 0 saturated heterocycles. The summed E-state index contributed by atoms with van der Waals surface area (Å²) >= 11 is 0. The van der Waals surface area contributed by atoms with Gasteiger partial charge in [-0.25, -0.2) is 0 Å². The van der Waals surface area contributed by atoms with E-state index in [1.165, 1.54) is 11.1 Å². The molecule has 1 amide bonds. The summed E-state index contributed by atoms with van der Waals surface area (Å²) in [6, 6.07) is 8.27. The Labute approximate surface area is 118 Å². The van der Waals surface area contributed by atoms with E-state index in [0.717, 1.165) is 12.8 Å². The van der Waals surface area contributed by atoms with E-state index in [4.69, 9.17) is 10.9 Å². The highest BCUT2D eigenvalue weighted by Crippen LogP contribution is 2.25. The van der Waals surface area contributed by atoms with Gasteiger partial charge in [0.15, 0.2) is 5.84 Å². The van der Waals surface area contributed by atoms with Crippen molar-refractivity contribution in [2.45, 2.75) is 39.2 Å². The number of hydrogen-bond acceptors (Lipinski definition) is 3. The van der Waals surface area contributed by atoms with Gasteiger partial charge >= 0.3 is 0 Å². The summed E-state index contributed by atoms with van der Waals surface area (Å²) in [6.45, 7) is 3.54. The van der Waals surface area contributed by atoms with Gasteiger partial charge in [0.1, 0.15) is 5.41 Å². The van der Waals surface area contributed by atoms with Crippen molar-refractivity contribution < 1.29 is 10.0 Å². The Hall–Kier alpha value is -2.04. The molecular formula is C15H21N3O2. The van der Waals surface area contributed by atoms with Crippen molar-refractivity contribution in [1.29, 1.82) is 0 Å². The number of hydrogen-bond donors (Lipinski definition) is 3. The number of benzene rings is 1. The zero-order chi connectivity index (χ0) is 14.8. The molecule has 0 saturated carbocycles.